The molecular formula is C19H23N5O2S. The van der Waals surface area contributed by atoms with Crippen molar-refractivity contribution in [3.63, 3.8) is 0 Å². The van der Waals surface area contributed by atoms with E-state index in [9.17, 15) is 8.42 Å². The van der Waals surface area contributed by atoms with Crippen LogP contribution >= 0.6 is 0 Å². The lowest BCUT2D eigenvalue weighted by molar-refractivity contribution is 0.415. The molecule has 27 heavy (non-hydrogen) atoms. The molecule has 2 aromatic rings. The van der Waals surface area contributed by atoms with E-state index < -0.39 is 10.0 Å². The van der Waals surface area contributed by atoms with Crippen molar-refractivity contribution < 1.29 is 8.42 Å². The SMILES string of the molecule is CC(C)(C)c1ccc(N2CC(CN=C3NS(=O)(=O)c4ccccc43)C2)nn1. The van der Waals surface area contributed by atoms with Gasteiger partial charge in [-0.05, 0) is 24.3 Å². The second-order valence-corrected chi connectivity index (χ2v) is 9.74. The lowest BCUT2D eigenvalue weighted by Crippen LogP contribution is -2.48. The van der Waals surface area contributed by atoms with E-state index in [-0.39, 0.29) is 5.41 Å². The zero-order chi connectivity index (χ0) is 19.2. The number of hydrogen-bond acceptors (Lipinski definition) is 6. The second kappa shape index (κ2) is 6.30. The van der Waals surface area contributed by atoms with Crippen LogP contribution in [0.15, 0.2) is 46.3 Å². The average Bonchev–Trinajstić information content (AvgIpc) is 2.84. The summed E-state index contributed by atoms with van der Waals surface area (Å²) in [7, 11) is -3.47. The average molecular weight is 385 g/mol. The zero-order valence-corrected chi connectivity index (χ0v) is 16.5. The molecule has 1 fully saturated rings. The number of aliphatic imine (C=N–C) groups is 1. The molecule has 1 saturated heterocycles. The Morgan fingerprint density at radius 3 is 2.56 bits per heavy atom. The third kappa shape index (κ3) is 3.41. The molecule has 2 aliphatic rings. The number of fused-ring (bicyclic) bond motifs is 1. The Morgan fingerprint density at radius 1 is 1.15 bits per heavy atom. The third-order valence-electron chi connectivity index (χ3n) is 4.87. The molecule has 3 heterocycles. The van der Waals surface area contributed by atoms with E-state index in [1.165, 1.54) is 0 Å². The van der Waals surface area contributed by atoms with Crippen molar-refractivity contribution in [3.05, 3.63) is 47.7 Å². The summed E-state index contributed by atoms with van der Waals surface area (Å²) in [6.45, 7) is 8.61. The first-order chi connectivity index (χ1) is 12.7. The van der Waals surface area contributed by atoms with Crippen molar-refractivity contribution in [1.29, 1.82) is 0 Å². The topological polar surface area (TPSA) is 87.5 Å². The van der Waals surface area contributed by atoms with Gasteiger partial charge in [0.05, 0.1) is 10.6 Å². The highest BCUT2D eigenvalue weighted by molar-refractivity contribution is 7.90. The zero-order valence-electron chi connectivity index (χ0n) is 15.7. The van der Waals surface area contributed by atoms with Gasteiger partial charge in [-0.15, -0.1) is 5.10 Å². The fourth-order valence-electron chi connectivity index (χ4n) is 3.24. The molecule has 1 aromatic carbocycles. The predicted octanol–water partition coefficient (Wildman–Crippen LogP) is 1.95. The second-order valence-electron chi connectivity index (χ2n) is 8.09. The first-order valence-electron chi connectivity index (χ1n) is 9.00. The van der Waals surface area contributed by atoms with E-state index in [0.29, 0.717) is 28.8 Å². The van der Waals surface area contributed by atoms with Crippen molar-refractivity contribution in [2.75, 3.05) is 24.5 Å². The Kier molecular flexibility index (Phi) is 4.18. The molecule has 0 spiro atoms. The standard InChI is InChI=1S/C19H23N5O2S/c1-19(2,3)16-8-9-17(22-21-16)24-11-13(12-24)10-20-18-14-6-4-5-7-15(14)27(25,26)23-18/h4-9,13H,10-12H2,1-3H3,(H,20,23). The maximum absolute atomic E-state index is 12.1. The van der Waals surface area contributed by atoms with Gasteiger partial charge in [0, 0.05) is 36.5 Å². The van der Waals surface area contributed by atoms with Gasteiger partial charge in [0.15, 0.2) is 5.82 Å². The lowest BCUT2D eigenvalue weighted by atomic mass is 9.92. The number of anilines is 1. The largest absolute Gasteiger partial charge is 0.354 e. The summed E-state index contributed by atoms with van der Waals surface area (Å²) in [5.74, 6) is 1.69. The Morgan fingerprint density at radius 2 is 1.89 bits per heavy atom. The Balaban J connectivity index is 1.38. The van der Waals surface area contributed by atoms with Gasteiger partial charge in [-0.2, -0.15) is 5.10 Å². The highest BCUT2D eigenvalue weighted by atomic mass is 32.2. The number of sulfonamides is 1. The highest BCUT2D eigenvalue weighted by Gasteiger charge is 2.32. The minimum Gasteiger partial charge on any atom is -0.354 e. The molecule has 7 nitrogen and oxygen atoms in total. The fourth-order valence-corrected chi connectivity index (χ4v) is 4.49. The van der Waals surface area contributed by atoms with Crippen LogP contribution in [0.4, 0.5) is 5.82 Å². The molecule has 0 amide bonds. The van der Waals surface area contributed by atoms with Gasteiger partial charge in [-0.3, -0.25) is 9.71 Å². The number of amidine groups is 1. The van der Waals surface area contributed by atoms with Crippen molar-refractivity contribution in [2.24, 2.45) is 10.9 Å². The minimum absolute atomic E-state index is 0.00990. The van der Waals surface area contributed by atoms with E-state index in [1.807, 2.05) is 18.2 Å². The van der Waals surface area contributed by atoms with Gasteiger partial charge in [0.2, 0.25) is 0 Å². The van der Waals surface area contributed by atoms with E-state index >= 15 is 0 Å². The van der Waals surface area contributed by atoms with Gasteiger partial charge < -0.3 is 4.90 Å². The monoisotopic (exact) mass is 385 g/mol. The highest BCUT2D eigenvalue weighted by Crippen LogP contribution is 2.26. The van der Waals surface area contributed by atoms with Gasteiger partial charge in [-0.1, -0.05) is 32.9 Å². The summed E-state index contributed by atoms with van der Waals surface area (Å²) >= 11 is 0. The van der Waals surface area contributed by atoms with Crippen LogP contribution in [-0.2, 0) is 15.4 Å². The molecule has 0 bridgehead atoms. The molecule has 0 atom stereocenters. The molecular weight excluding hydrogens is 362 g/mol. The Bertz CT molecular complexity index is 988. The molecule has 0 unspecified atom stereocenters. The van der Waals surface area contributed by atoms with Gasteiger partial charge in [-0.25, -0.2) is 8.42 Å². The molecule has 4 rings (SSSR count). The lowest BCUT2D eigenvalue weighted by Gasteiger charge is -2.39. The number of rotatable bonds is 3. The van der Waals surface area contributed by atoms with Crippen LogP contribution in [0.25, 0.3) is 0 Å². The quantitative estimate of drug-likeness (QED) is 0.873. The summed E-state index contributed by atoms with van der Waals surface area (Å²) < 4.78 is 26.8. The number of aromatic nitrogens is 2. The number of hydrogen-bond donors (Lipinski definition) is 1. The van der Waals surface area contributed by atoms with E-state index in [1.54, 1.807) is 18.2 Å². The molecule has 0 aliphatic carbocycles. The molecule has 1 N–H and O–H groups in total. The first-order valence-corrected chi connectivity index (χ1v) is 10.5. The Labute approximate surface area is 159 Å². The summed E-state index contributed by atoms with van der Waals surface area (Å²) in [6.07, 6.45) is 0. The minimum atomic E-state index is -3.47. The van der Waals surface area contributed by atoms with Crippen molar-refractivity contribution in [3.8, 4) is 0 Å². The summed E-state index contributed by atoms with van der Waals surface area (Å²) in [5, 5.41) is 8.67. The Hall–Kier alpha value is -2.48. The third-order valence-corrected chi connectivity index (χ3v) is 6.27. The molecule has 142 valence electrons. The predicted molar refractivity (Wildman–Crippen MR) is 105 cm³/mol. The van der Waals surface area contributed by atoms with Crippen LogP contribution in [0.1, 0.15) is 32.0 Å². The van der Waals surface area contributed by atoms with Gasteiger partial charge >= 0.3 is 0 Å². The molecule has 2 aliphatic heterocycles. The maximum Gasteiger partial charge on any atom is 0.263 e. The number of nitrogens with zero attached hydrogens (tertiary/aromatic N) is 4. The van der Waals surface area contributed by atoms with Crippen molar-refractivity contribution in [2.45, 2.75) is 31.1 Å². The van der Waals surface area contributed by atoms with Crippen molar-refractivity contribution in [1.82, 2.24) is 14.9 Å². The summed E-state index contributed by atoms with van der Waals surface area (Å²) in [5.41, 5.74) is 1.61. The van der Waals surface area contributed by atoms with E-state index in [2.05, 4.69) is 45.6 Å². The van der Waals surface area contributed by atoms with Crippen LogP contribution in [0.5, 0.6) is 0 Å². The van der Waals surface area contributed by atoms with Crippen LogP contribution < -0.4 is 9.62 Å². The number of nitrogens with one attached hydrogen (secondary N) is 1. The first kappa shape index (κ1) is 17.9. The molecule has 1 aromatic heterocycles. The van der Waals surface area contributed by atoms with Gasteiger partial charge in [0.1, 0.15) is 5.84 Å². The van der Waals surface area contributed by atoms with E-state index in [0.717, 1.165) is 24.6 Å². The number of benzene rings is 1. The van der Waals surface area contributed by atoms with Gasteiger partial charge in [0.25, 0.3) is 10.0 Å². The normalized spacial score (nSPS) is 20.3. The van der Waals surface area contributed by atoms with Crippen molar-refractivity contribution >= 4 is 21.7 Å². The van der Waals surface area contributed by atoms with Crippen LogP contribution in [0, 0.1) is 5.92 Å². The fraction of sp³-hybridized carbons (Fsp3) is 0.421. The molecule has 8 heteroatoms. The smallest absolute Gasteiger partial charge is 0.263 e. The molecule has 0 saturated carbocycles. The van der Waals surface area contributed by atoms with Crippen LogP contribution in [-0.4, -0.2) is 44.1 Å². The van der Waals surface area contributed by atoms with Crippen LogP contribution in [0.2, 0.25) is 0 Å². The maximum atomic E-state index is 12.1. The van der Waals surface area contributed by atoms with Crippen LogP contribution in [0.3, 0.4) is 0 Å². The summed E-state index contributed by atoms with van der Waals surface area (Å²) in [4.78, 5) is 6.98. The summed E-state index contributed by atoms with van der Waals surface area (Å²) in [6, 6.07) is 11.0. The van der Waals surface area contributed by atoms with E-state index in [4.69, 9.17) is 0 Å². The molecule has 0 radical (unpaired) electrons.